The summed E-state index contributed by atoms with van der Waals surface area (Å²) in [5.41, 5.74) is 0. The topological polar surface area (TPSA) is 72.5 Å². The predicted molar refractivity (Wildman–Crippen MR) is 73.8 cm³/mol. The molecule has 0 radical (unpaired) electrons. The van der Waals surface area contributed by atoms with Crippen LogP contribution >= 0.6 is 0 Å². The van der Waals surface area contributed by atoms with Crippen molar-refractivity contribution in [1.82, 2.24) is 0 Å². The number of rotatable bonds is 3. The van der Waals surface area contributed by atoms with Gasteiger partial charge >= 0.3 is 5.97 Å². The molecule has 22 heavy (non-hydrogen) atoms. The van der Waals surface area contributed by atoms with Gasteiger partial charge in [0.15, 0.2) is 11.6 Å². The number of fused-ring (bicyclic) bond motifs is 3. The Morgan fingerprint density at radius 1 is 1.14 bits per heavy atom. The quantitative estimate of drug-likeness (QED) is 0.727. The molecule has 4 unspecified atom stereocenters. The first-order valence-electron chi connectivity index (χ1n) is 7.70. The van der Waals surface area contributed by atoms with E-state index >= 15 is 0 Å². The van der Waals surface area contributed by atoms with Gasteiger partial charge in [-0.2, -0.15) is 0 Å². The molecule has 0 N–H and O–H groups in total. The van der Waals surface area contributed by atoms with Crippen LogP contribution in [0.15, 0.2) is 0 Å². The molecule has 0 aromatic carbocycles. The highest BCUT2D eigenvalue weighted by Gasteiger charge is 2.67. The number of ether oxygens (including phenoxy) is 6. The van der Waals surface area contributed by atoms with Crippen LogP contribution in [0.1, 0.15) is 41.0 Å². The Balaban J connectivity index is 1.85. The molecule has 3 fully saturated rings. The molecule has 7 nitrogen and oxygen atoms in total. The van der Waals surface area contributed by atoms with Crippen molar-refractivity contribution in [3.05, 3.63) is 0 Å². The fourth-order valence-corrected chi connectivity index (χ4v) is 3.32. The summed E-state index contributed by atoms with van der Waals surface area (Å²) in [7, 11) is 0. The van der Waals surface area contributed by atoms with Gasteiger partial charge in [0, 0.05) is 0 Å². The monoisotopic (exact) mass is 316 g/mol. The lowest BCUT2D eigenvalue weighted by atomic mass is 10.0. The average molecular weight is 316 g/mol. The first-order valence-corrected chi connectivity index (χ1v) is 7.70. The van der Waals surface area contributed by atoms with Crippen LogP contribution in [0.3, 0.4) is 0 Å². The molecule has 3 heterocycles. The number of hydrogen-bond acceptors (Lipinski definition) is 7. The van der Waals surface area contributed by atoms with Gasteiger partial charge in [-0.1, -0.05) is 0 Å². The van der Waals surface area contributed by atoms with Crippen LogP contribution in [-0.2, 0) is 33.2 Å². The van der Waals surface area contributed by atoms with E-state index in [4.69, 9.17) is 28.4 Å². The van der Waals surface area contributed by atoms with Crippen molar-refractivity contribution in [3.8, 4) is 0 Å². The molecule has 3 rings (SSSR count). The highest BCUT2D eigenvalue weighted by atomic mass is 16.9. The maximum absolute atomic E-state index is 12.0. The van der Waals surface area contributed by atoms with Gasteiger partial charge < -0.3 is 28.4 Å². The second-order valence-corrected chi connectivity index (χ2v) is 6.78. The summed E-state index contributed by atoms with van der Waals surface area (Å²) in [6, 6.07) is 0. The van der Waals surface area contributed by atoms with Gasteiger partial charge in [-0.15, -0.1) is 0 Å². The van der Waals surface area contributed by atoms with Gasteiger partial charge in [0.25, 0.3) is 0 Å². The van der Waals surface area contributed by atoms with Crippen LogP contribution in [0, 0.1) is 0 Å². The van der Waals surface area contributed by atoms with Crippen LogP contribution in [0.2, 0.25) is 0 Å². The van der Waals surface area contributed by atoms with Gasteiger partial charge in [0.1, 0.15) is 24.7 Å². The van der Waals surface area contributed by atoms with Gasteiger partial charge in [0.2, 0.25) is 5.79 Å². The molecular formula is C15H24O7. The second kappa shape index (κ2) is 5.14. The normalized spacial score (nSPS) is 41.8. The summed E-state index contributed by atoms with van der Waals surface area (Å²) in [6.45, 7) is 9.71. The maximum atomic E-state index is 12.0. The molecule has 0 aliphatic carbocycles. The zero-order valence-corrected chi connectivity index (χ0v) is 13.7. The van der Waals surface area contributed by atoms with Crippen molar-refractivity contribution >= 4 is 5.97 Å². The third-order valence-corrected chi connectivity index (χ3v) is 3.99. The average Bonchev–Trinajstić information content (AvgIpc) is 2.76. The maximum Gasteiger partial charge on any atom is 0.311 e. The largest absolute Gasteiger partial charge is 0.466 e. The zero-order chi connectivity index (χ0) is 16.2. The fraction of sp³-hybridized carbons (Fsp3) is 0.933. The van der Waals surface area contributed by atoms with Crippen molar-refractivity contribution in [2.24, 2.45) is 0 Å². The number of hydrogen-bond donors (Lipinski definition) is 0. The van der Waals surface area contributed by atoms with E-state index in [1.807, 2.05) is 13.8 Å². The second-order valence-electron chi connectivity index (χ2n) is 6.78. The smallest absolute Gasteiger partial charge is 0.311 e. The lowest BCUT2D eigenvalue weighted by molar-refractivity contribution is -0.328. The minimum Gasteiger partial charge on any atom is -0.466 e. The molecule has 0 amide bonds. The summed E-state index contributed by atoms with van der Waals surface area (Å²) >= 11 is 0. The van der Waals surface area contributed by atoms with Gasteiger partial charge in [-0.3, -0.25) is 4.79 Å². The standard InChI is InChI=1S/C15H24O7/c1-6-17-10(16)7-15-12(21-14(4,5)22-15)11-9(19-15)8-18-13(2,3)20-11/h9,11-12H,6-8H2,1-5H3. The molecule has 0 saturated carbocycles. The van der Waals surface area contributed by atoms with Crippen LogP contribution in [-0.4, -0.2) is 54.9 Å². The predicted octanol–water partition coefficient (Wildman–Crippen LogP) is 1.34. The molecule has 3 aliphatic heterocycles. The van der Waals surface area contributed by atoms with Gasteiger partial charge in [0.05, 0.1) is 13.2 Å². The molecule has 126 valence electrons. The minimum atomic E-state index is -1.19. The molecule has 0 aromatic heterocycles. The third kappa shape index (κ3) is 2.76. The minimum absolute atomic E-state index is 0.0360. The molecule has 3 aliphatic rings. The van der Waals surface area contributed by atoms with E-state index in [9.17, 15) is 4.79 Å². The summed E-state index contributed by atoms with van der Waals surface area (Å²) < 4.78 is 34.6. The highest BCUT2D eigenvalue weighted by molar-refractivity contribution is 5.70. The van der Waals surface area contributed by atoms with Crippen molar-refractivity contribution in [3.63, 3.8) is 0 Å². The molecule has 0 bridgehead atoms. The Hall–Kier alpha value is -0.730. The van der Waals surface area contributed by atoms with Crippen molar-refractivity contribution in [2.45, 2.75) is 76.7 Å². The Morgan fingerprint density at radius 3 is 2.55 bits per heavy atom. The van der Waals surface area contributed by atoms with E-state index in [2.05, 4.69) is 0 Å². The SMILES string of the molecule is CCOC(=O)CC12OC3COC(C)(C)OC3C1OC(C)(C)O2. The first kappa shape index (κ1) is 16.1. The van der Waals surface area contributed by atoms with E-state index in [1.165, 1.54) is 0 Å². The molecular weight excluding hydrogens is 292 g/mol. The fourth-order valence-electron chi connectivity index (χ4n) is 3.32. The van der Waals surface area contributed by atoms with Crippen LogP contribution in [0.25, 0.3) is 0 Å². The van der Waals surface area contributed by atoms with Crippen molar-refractivity contribution < 1.29 is 33.2 Å². The third-order valence-electron chi connectivity index (χ3n) is 3.99. The zero-order valence-electron chi connectivity index (χ0n) is 13.7. The Morgan fingerprint density at radius 2 is 1.86 bits per heavy atom. The van der Waals surface area contributed by atoms with E-state index in [0.29, 0.717) is 13.2 Å². The summed E-state index contributed by atoms with van der Waals surface area (Å²) in [5.74, 6) is -3.14. The Labute approximate surface area is 130 Å². The molecule has 4 atom stereocenters. The lowest BCUT2D eigenvalue weighted by Crippen LogP contribution is -2.51. The summed E-state index contributed by atoms with van der Waals surface area (Å²) in [4.78, 5) is 12.0. The van der Waals surface area contributed by atoms with Crippen LogP contribution < -0.4 is 0 Å². The number of carbonyl (C=O) groups is 1. The van der Waals surface area contributed by atoms with Gasteiger partial charge in [-0.25, -0.2) is 0 Å². The van der Waals surface area contributed by atoms with Crippen molar-refractivity contribution in [2.75, 3.05) is 13.2 Å². The van der Waals surface area contributed by atoms with E-state index in [-0.39, 0.29) is 24.6 Å². The van der Waals surface area contributed by atoms with Crippen LogP contribution in [0.5, 0.6) is 0 Å². The first-order chi connectivity index (χ1) is 10.2. The summed E-state index contributed by atoms with van der Waals surface area (Å²) in [5, 5.41) is 0. The lowest BCUT2D eigenvalue weighted by Gasteiger charge is -2.38. The molecule has 7 heteroatoms. The molecule has 0 spiro atoms. The Bertz CT molecular complexity index is 461. The highest BCUT2D eigenvalue weighted by Crippen LogP contribution is 2.50. The number of carbonyl (C=O) groups excluding carboxylic acids is 1. The van der Waals surface area contributed by atoms with E-state index in [1.54, 1.807) is 20.8 Å². The molecule has 0 aromatic rings. The Kier molecular flexibility index (Phi) is 3.77. The van der Waals surface area contributed by atoms with Crippen molar-refractivity contribution in [1.29, 1.82) is 0 Å². The van der Waals surface area contributed by atoms with E-state index in [0.717, 1.165) is 0 Å². The number of esters is 1. The van der Waals surface area contributed by atoms with E-state index < -0.39 is 23.5 Å². The molecule has 3 saturated heterocycles. The van der Waals surface area contributed by atoms with Gasteiger partial charge in [-0.05, 0) is 34.6 Å². The van der Waals surface area contributed by atoms with Crippen LogP contribution in [0.4, 0.5) is 0 Å². The summed E-state index contributed by atoms with van der Waals surface area (Å²) in [6.07, 6.45) is -1.21.